The molecule has 2 amide bonds. The van der Waals surface area contributed by atoms with Gasteiger partial charge in [0, 0.05) is 24.3 Å². The van der Waals surface area contributed by atoms with E-state index in [-0.39, 0.29) is 12.0 Å². The number of anilines is 1. The SMILES string of the molecule is CC(C)(C)OC(=O)N1CCc2c(C(=O)N3CCc4ccccc43)n[nH]c2C1. The summed E-state index contributed by atoms with van der Waals surface area (Å²) in [7, 11) is 0. The van der Waals surface area contributed by atoms with Gasteiger partial charge in [-0.1, -0.05) is 18.2 Å². The van der Waals surface area contributed by atoms with E-state index in [9.17, 15) is 9.59 Å². The highest BCUT2D eigenvalue weighted by molar-refractivity contribution is 6.07. The van der Waals surface area contributed by atoms with Gasteiger partial charge < -0.3 is 14.5 Å². The van der Waals surface area contributed by atoms with Crippen molar-refractivity contribution < 1.29 is 14.3 Å². The van der Waals surface area contributed by atoms with Gasteiger partial charge in [0.1, 0.15) is 5.60 Å². The molecule has 0 unspecified atom stereocenters. The molecule has 0 saturated carbocycles. The summed E-state index contributed by atoms with van der Waals surface area (Å²) in [5.74, 6) is -0.0804. The fourth-order valence-corrected chi connectivity index (χ4v) is 3.65. The van der Waals surface area contributed by atoms with Crippen LogP contribution in [0.1, 0.15) is 48.1 Å². The molecule has 0 bridgehead atoms. The van der Waals surface area contributed by atoms with Crippen LogP contribution in [0, 0.1) is 0 Å². The number of para-hydroxylation sites is 1. The Morgan fingerprint density at radius 1 is 1.15 bits per heavy atom. The number of amides is 2. The molecular formula is C20H24N4O3. The molecule has 3 heterocycles. The number of nitrogens with one attached hydrogen (secondary N) is 1. The third-order valence-electron chi connectivity index (χ3n) is 4.92. The number of benzene rings is 1. The fraction of sp³-hybridized carbons (Fsp3) is 0.450. The van der Waals surface area contributed by atoms with Crippen LogP contribution in [0.3, 0.4) is 0 Å². The van der Waals surface area contributed by atoms with E-state index >= 15 is 0 Å². The summed E-state index contributed by atoms with van der Waals surface area (Å²) in [4.78, 5) is 28.8. The first-order valence-electron chi connectivity index (χ1n) is 9.27. The van der Waals surface area contributed by atoms with Gasteiger partial charge in [-0.05, 0) is 45.2 Å². The van der Waals surface area contributed by atoms with Crippen LogP contribution < -0.4 is 4.90 Å². The number of H-pyrrole nitrogens is 1. The molecule has 1 N–H and O–H groups in total. The number of ether oxygens (including phenoxy) is 1. The molecule has 142 valence electrons. The predicted molar refractivity (Wildman–Crippen MR) is 101 cm³/mol. The molecule has 27 heavy (non-hydrogen) atoms. The molecular weight excluding hydrogens is 344 g/mol. The van der Waals surface area contributed by atoms with Crippen molar-refractivity contribution >= 4 is 17.7 Å². The van der Waals surface area contributed by atoms with E-state index in [0.29, 0.717) is 31.7 Å². The minimum Gasteiger partial charge on any atom is -0.444 e. The Labute approximate surface area is 158 Å². The topological polar surface area (TPSA) is 78.5 Å². The summed E-state index contributed by atoms with van der Waals surface area (Å²) < 4.78 is 5.44. The summed E-state index contributed by atoms with van der Waals surface area (Å²) >= 11 is 0. The molecule has 1 aromatic carbocycles. The standard InChI is InChI=1S/C20H24N4O3/c1-20(2,3)27-19(26)23-10-9-14-15(12-23)21-22-17(14)18(25)24-11-8-13-6-4-5-7-16(13)24/h4-7H,8-12H2,1-3H3,(H,21,22). The molecule has 2 aliphatic rings. The normalized spacial score (nSPS) is 16.1. The maximum absolute atomic E-state index is 13.1. The third-order valence-corrected chi connectivity index (χ3v) is 4.92. The van der Waals surface area contributed by atoms with Crippen molar-refractivity contribution in [1.29, 1.82) is 0 Å². The number of hydrogen-bond donors (Lipinski definition) is 1. The molecule has 1 aromatic heterocycles. The van der Waals surface area contributed by atoms with Gasteiger partial charge in [-0.25, -0.2) is 4.79 Å². The first kappa shape index (κ1) is 17.6. The molecule has 2 aromatic rings. The average Bonchev–Trinajstić information content (AvgIpc) is 3.23. The summed E-state index contributed by atoms with van der Waals surface area (Å²) in [6.45, 7) is 7.10. The lowest BCUT2D eigenvalue weighted by Crippen LogP contribution is -2.40. The van der Waals surface area contributed by atoms with Crippen LogP contribution in [-0.4, -0.2) is 45.8 Å². The van der Waals surface area contributed by atoms with Crippen molar-refractivity contribution in [2.75, 3.05) is 18.0 Å². The molecule has 0 aliphatic carbocycles. The zero-order valence-electron chi connectivity index (χ0n) is 15.9. The summed E-state index contributed by atoms with van der Waals surface area (Å²) in [6.07, 6.45) is 1.10. The predicted octanol–water partition coefficient (Wildman–Crippen LogP) is 2.91. The van der Waals surface area contributed by atoms with Gasteiger partial charge in [0.2, 0.25) is 0 Å². The second-order valence-corrected chi connectivity index (χ2v) is 8.02. The lowest BCUT2D eigenvalue weighted by molar-refractivity contribution is 0.0221. The molecule has 0 spiro atoms. The number of aromatic amines is 1. The number of hydrogen-bond acceptors (Lipinski definition) is 4. The van der Waals surface area contributed by atoms with Crippen molar-refractivity contribution in [1.82, 2.24) is 15.1 Å². The Morgan fingerprint density at radius 2 is 1.93 bits per heavy atom. The Balaban J connectivity index is 1.52. The number of nitrogens with zero attached hydrogens (tertiary/aromatic N) is 3. The second kappa shape index (κ2) is 6.40. The van der Waals surface area contributed by atoms with E-state index in [2.05, 4.69) is 16.3 Å². The third kappa shape index (κ3) is 3.29. The number of fused-ring (bicyclic) bond motifs is 2. The van der Waals surface area contributed by atoms with E-state index in [0.717, 1.165) is 23.4 Å². The number of carbonyl (C=O) groups is 2. The fourth-order valence-electron chi connectivity index (χ4n) is 3.65. The van der Waals surface area contributed by atoms with Crippen LogP contribution in [0.4, 0.5) is 10.5 Å². The van der Waals surface area contributed by atoms with Gasteiger partial charge in [-0.2, -0.15) is 5.10 Å². The minimum atomic E-state index is -0.532. The quantitative estimate of drug-likeness (QED) is 0.839. The number of carbonyl (C=O) groups excluding carboxylic acids is 2. The van der Waals surface area contributed by atoms with Crippen LogP contribution in [-0.2, 0) is 24.1 Å². The largest absolute Gasteiger partial charge is 0.444 e. The lowest BCUT2D eigenvalue weighted by Gasteiger charge is -2.30. The Morgan fingerprint density at radius 3 is 2.70 bits per heavy atom. The van der Waals surface area contributed by atoms with Gasteiger partial charge in [-0.15, -0.1) is 0 Å². The van der Waals surface area contributed by atoms with Crippen molar-refractivity contribution in [2.24, 2.45) is 0 Å². The minimum absolute atomic E-state index is 0.0804. The second-order valence-electron chi connectivity index (χ2n) is 8.02. The zero-order chi connectivity index (χ0) is 19.2. The maximum Gasteiger partial charge on any atom is 0.410 e. The highest BCUT2D eigenvalue weighted by Crippen LogP contribution is 2.30. The first-order valence-corrected chi connectivity index (χ1v) is 9.27. The Kier molecular flexibility index (Phi) is 4.17. The van der Waals surface area contributed by atoms with Gasteiger partial charge >= 0.3 is 6.09 Å². The molecule has 0 atom stereocenters. The molecule has 0 fully saturated rings. The van der Waals surface area contributed by atoms with Gasteiger partial charge in [-0.3, -0.25) is 9.89 Å². The molecule has 0 radical (unpaired) electrons. The summed E-state index contributed by atoms with van der Waals surface area (Å²) in [6, 6.07) is 7.97. The molecule has 0 saturated heterocycles. The highest BCUT2D eigenvalue weighted by atomic mass is 16.6. The van der Waals surface area contributed by atoms with Crippen LogP contribution in [0.5, 0.6) is 0 Å². The van der Waals surface area contributed by atoms with Crippen molar-refractivity contribution in [3.05, 3.63) is 46.8 Å². The van der Waals surface area contributed by atoms with Crippen molar-refractivity contribution in [2.45, 2.75) is 45.8 Å². The Bertz CT molecular complexity index is 897. The van der Waals surface area contributed by atoms with Crippen molar-refractivity contribution in [3.8, 4) is 0 Å². The number of aromatic nitrogens is 2. The summed E-state index contributed by atoms with van der Waals surface area (Å²) in [5.41, 5.74) is 3.80. The monoisotopic (exact) mass is 368 g/mol. The van der Waals surface area contributed by atoms with E-state index in [4.69, 9.17) is 4.74 Å². The molecule has 4 rings (SSSR count). The smallest absolute Gasteiger partial charge is 0.410 e. The molecule has 7 heteroatoms. The summed E-state index contributed by atoms with van der Waals surface area (Å²) in [5, 5.41) is 7.24. The molecule has 7 nitrogen and oxygen atoms in total. The van der Waals surface area contributed by atoms with E-state index in [1.54, 1.807) is 9.80 Å². The highest BCUT2D eigenvalue weighted by Gasteiger charge is 2.33. The lowest BCUT2D eigenvalue weighted by atomic mass is 10.0. The van der Waals surface area contributed by atoms with E-state index < -0.39 is 5.60 Å². The number of rotatable bonds is 1. The maximum atomic E-state index is 13.1. The molecule has 2 aliphatic heterocycles. The van der Waals surface area contributed by atoms with Gasteiger partial charge in [0.05, 0.1) is 12.2 Å². The van der Waals surface area contributed by atoms with Gasteiger partial charge in [0.25, 0.3) is 5.91 Å². The van der Waals surface area contributed by atoms with Crippen LogP contribution >= 0.6 is 0 Å². The van der Waals surface area contributed by atoms with E-state index in [1.807, 2.05) is 39.0 Å². The average molecular weight is 368 g/mol. The van der Waals surface area contributed by atoms with Crippen LogP contribution in [0.2, 0.25) is 0 Å². The van der Waals surface area contributed by atoms with Crippen LogP contribution in [0.15, 0.2) is 24.3 Å². The zero-order valence-corrected chi connectivity index (χ0v) is 15.9. The van der Waals surface area contributed by atoms with Crippen molar-refractivity contribution in [3.63, 3.8) is 0 Å². The van der Waals surface area contributed by atoms with E-state index in [1.165, 1.54) is 5.56 Å². The first-order chi connectivity index (χ1) is 12.8. The Hall–Kier alpha value is -2.83. The van der Waals surface area contributed by atoms with Crippen LogP contribution in [0.25, 0.3) is 0 Å². The van der Waals surface area contributed by atoms with Gasteiger partial charge in [0.15, 0.2) is 5.69 Å².